The Labute approximate surface area is 293 Å². The third kappa shape index (κ3) is 7.80. The molecule has 0 amide bonds. The van der Waals surface area contributed by atoms with Gasteiger partial charge in [-0.15, -0.1) is 0 Å². The molecule has 47 heavy (non-hydrogen) atoms. The van der Waals surface area contributed by atoms with Gasteiger partial charge in [-0.3, -0.25) is 0 Å². The Morgan fingerprint density at radius 2 is 1.53 bits per heavy atom. The second kappa shape index (κ2) is 14.7. The lowest BCUT2D eigenvalue weighted by atomic mass is 9.42. The fraction of sp³-hybridized carbons (Fsp3) is 0.956. The van der Waals surface area contributed by atoms with E-state index in [0.29, 0.717) is 28.1 Å². The monoisotopic (exact) mass is 653 g/mol. The molecule has 2 heteroatoms. The molecule has 0 heterocycles. The van der Waals surface area contributed by atoms with Crippen LogP contribution in [-0.4, -0.2) is 22.4 Å². The van der Waals surface area contributed by atoms with Crippen LogP contribution >= 0.6 is 0 Å². The summed E-state index contributed by atoms with van der Waals surface area (Å²) in [7, 11) is 0. The van der Waals surface area contributed by atoms with Crippen molar-refractivity contribution in [3.8, 4) is 0 Å². The second-order valence-corrected chi connectivity index (χ2v) is 20.8. The predicted molar refractivity (Wildman–Crippen MR) is 201 cm³/mol. The summed E-state index contributed by atoms with van der Waals surface area (Å²) in [6, 6.07) is 0. The van der Waals surface area contributed by atoms with Crippen molar-refractivity contribution in [1.82, 2.24) is 0 Å². The number of hydrogen-bond acceptors (Lipinski definition) is 2. The van der Waals surface area contributed by atoms with Crippen molar-refractivity contribution >= 4 is 0 Å². The molecule has 0 aromatic carbocycles. The molecule has 4 fully saturated rings. The Bertz CT molecular complexity index is 1040. The quantitative estimate of drug-likeness (QED) is 0.194. The molecular formula is C45H80O2. The Hall–Kier alpha value is -0.340. The molecule has 272 valence electrons. The zero-order chi connectivity index (χ0) is 34.4. The summed E-state index contributed by atoms with van der Waals surface area (Å²) in [5, 5.41) is 21.3. The third-order valence-corrected chi connectivity index (χ3v) is 16.8. The smallest absolute Gasteiger partial charge is 0.0619 e. The standard InChI is InChI=1S/C45H80O2/c1-11-30(2)24-34(29-46)28-37(43(7,8)47)14-12-13-35-15-17-40-41-20-19-38-39(45(41,10)22-21-44(35,40)9)18-16-36(42(38,5)6)27-33-25-31(3)23-32(4)26-33/h19,30-37,39-41,46-47H,11-18,20-29H2,1-10H3/t30?,31?,32?,33?,34?,35?,36?,37-,39?,40?,41?,44?,45?/m0/s1. The molecule has 0 radical (unpaired) electrons. The van der Waals surface area contributed by atoms with Gasteiger partial charge >= 0.3 is 0 Å². The molecule has 0 bridgehead atoms. The first-order valence-corrected chi connectivity index (χ1v) is 21.1. The molecule has 4 saturated carbocycles. The lowest BCUT2D eigenvalue weighted by Crippen LogP contribution is -2.54. The fourth-order valence-corrected chi connectivity index (χ4v) is 13.7. The van der Waals surface area contributed by atoms with E-state index in [0.717, 1.165) is 66.6 Å². The van der Waals surface area contributed by atoms with E-state index in [9.17, 15) is 10.2 Å². The fourth-order valence-electron chi connectivity index (χ4n) is 13.7. The van der Waals surface area contributed by atoms with E-state index < -0.39 is 5.60 Å². The first-order valence-electron chi connectivity index (χ1n) is 21.1. The van der Waals surface area contributed by atoms with Crippen LogP contribution < -0.4 is 0 Å². The molecule has 0 saturated heterocycles. The lowest BCUT2D eigenvalue weighted by Gasteiger charge is -2.62. The molecular weight excluding hydrogens is 572 g/mol. The van der Waals surface area contributed by atoms with Crippen molar-refractivity contribution in [3.63, 3.8) is 0 Å². The Morgan fingerprint density at radius 3 is 2.17 bits per heavy atom. The number of hydrogen-bond donors (Lipinski definition) is 2. The first-order chi connectivity index (χ1) is 22.0. The zero-order valence-electron chi connectivity index (χ0n) is 33.1. The van der Waals surface area contributed by atoms with Crippen LogP contribution in [0.25, 0.3) is 0 Å². The highest BCUT2D eigenvalue weighted by molar-refractivity contribution is 5.28. The van der Waals surface area contributed by atoms with E-state index in [2.05, 4.69) is 61.5 Å². The third-order valence-electron chi connectivity index (χ3n) is 16.8. The minimum Gasteiger partial charge on any atom is -0.396 e. The van der Waals surface area contributed by atoms with Crippen molar-refractivity contribution in [1.29, 1.82) is 0 Å². The van der Waals surface area contributed by atoms with Gasteiger partial charge in [0.1, 0.15) is 0 Å². The maximum atomic E-state index is 11.2. The van der Waals surface area contributed by atoms with Crippen LogP contribution in [0.3, 0.4) is 0 Å². The number of allylic oxidation sites excluding steroid dienone is 2. The van der Waals surface area contributed by atoms with Gasteiger partial charge in [-0.25, -0.2) is 0 Å². The first kappa shape index (κ1) is 37.9. The summed E-state index contributed by atoms with van der Waals surface area (Å²) in [5.41, 5.74) is 2.55. The van der Waals surface area contributed by atoms with Gasteiger partial charge in [-0.2, -0.15) is 0 Å². The van der Waals surface area contributed by atoms with Gasteiger partial charge in [0.25, 0.3) is 0 Å². The summed E-state index contributed by atoms with van der Waals surface area (Å²) in [6.45, 7) is 24.6. The molecule has 0 aromatic heterocycles. The van der Waals surface area contributed by atoms with Gasteiger partial charge < -0.3 is 10.2 Å². The van der Waals surface area contributed by atoms with Crippen LogP contribution in [0, 0.1) is 81.3 Å². The van der Waals surface area contributed by atoms with Crippen molar-refractivity contribution < 1.29 is 10.2 Å². The summed E-state index contributed by atoms with van der Waals surface area (Å²) >= 11 is 0. The number of rotatable bonds is 13. The van der Waals surface area contributed by atoms with Crippen LogP contribution in [0.1, 0.15) is 178 Å². The van der Waals surface area contributed by atoms with Crippen molar-refractivity contribution in [2.75, 3.05) is 6.61 Å². The zero-order valence-corrected chi connectivity index (χ0v) is 33.1. The van der Waals surface area contributed by atoms with E-state index in [4.69, 9.17) is 0 Å². The molecule has 2 nitrogen and oxygen atoms in total. The summed E-state index contributed by atoms with van der Waals surface area (Å²) in [4.78, 5) is 0. The molecule has 0 aliphatic heterocycles. The van der Waals surface area contributed by atoms with Gasteiger partial charge in [-0.1, -0.05) is 79.9 Å². The van der Waals surface area contributed by atoms with Crippen LogP contribution in [0.2, 0.25) is 0 Å². The van der Waals surface area contributed by atoms with Gasteiger partial charge in [-0.05, 0) is 192 Å². The van der Waals surface area contributed by atoms with Crippen molar-refractivity contribution in [3.05, 3.63) is 11.6 Å². The number of aliphatic hydroxyl groups is 2. The topological polar surface area (TPSA) is 40.5 Å². The van der Waals surface area contributed by atoms with Crippen molar-refractivity contribution in [2.45, 2.75) is 184 Å². The lowest BCUT2D eigenvalue weighted by molar-refractivity contribution is -0.0853. The van der Waals surface area contributed by atoms with Crippen LogP contribution in [-0.2, 0) is 0 Å². The largest absolute Gasteiger partial charge is 0.396 e. The molecule has 0 aromatic rings. The minimum atomic E-state index is -0.677. The highest BCUT2D eigenvalue weighted by atomic mass is 16.3. The van der Waals surface area contributed by atoms with Crippen molar-refractivity contribution in [2.24, 2.45) is 81.3 Å². The second-order valence-electron chi connectivity index (χ2n) is 20.8. The van der Waals surface area contributed by atoms with Gasteiger partial charge in [0.05, 0.1) is 5.60 Å². The van der Waals surface area contributed by atoms with E-state index in [1.54, 1.807) is 0 Å². The van der Waals surface area contributed by atoms with E-state index >= 15 is 0 Å². The molecule has 5 aliphatic carbocycles. The SMILES string of the molecule is CCC(C)CC(CO)C[C@H](CCCC1CCC2C3CC=C4C(CCC(CC5CC(C)CC(C)C5)C4(C)C)C3(C)CCC12C)C(C)(C)O. The summed E-state index contributed by atoms with van der Waals surface area (Å²) in [5.74, 6) is 8.28. The molecule has 2 N–H and O–H groups in total. The number of aliphatic hydroxyl groups excluding tert-OH is 1. The van der Waals surface area contributed by atoms with Gasteiger partial charge in [0, 0.05) is 6.61 Å². The normalized spacial score (nSPS) is 42.1. The predicted octanol–water partition coefficient (Wildman–Crippen LogP) is 12.3. The summed E-state index contributed by atoms with van der Waals surface area (Å²) < 4.78 is 0. The van der Waals surface area contributed by atoms with E-state index in [1.165, 1.54) is 89.9 Å². The highest BCUT2D eigenvalue weighted by Crippen LogP contribution is 2.70. The van der Waals surface area contributed by atoms with Crippen LogP contribution in [0.5, 0.6) is 0 Å². The maximum Gasteiger partial charge on any atom is 0.0619 e. The average molecular weight is 653 g/mol. The maximum absolute atomic E-state index is 11.2. The van der Waals surface area contributed by atoms with Crippen LogP contribution in [0.4, 0.5) is 0 Å². The molecule has 5 aliphatic rings. The van der Waals surface area contributed by atoms with E-state index in [-0.39, 0.29) is 12.5 Å². The molecule has 11 unspecified atom stereocenters. The minimum absolute atomic E-state index is 0.257. The molecule has 12 atom stereocenters. The Kier molecular flexibility index (Phi) is 11.9. The Morgan fingerprint density at radius 1 is 0.872 bits per heavy atom. The number of fused-ring (bicyclic) bond motifs is 5. The average Bonchev–Trinajstić information content (AvgIpc) is 3.32. The Balaban J connectivity index is 1.22. The molecule has 5 rings (SSSR count). The molecule has 0 spiro atoms. The van der Waals surface area contributed by atoms with Crippen LogP contribution in [0.15, 0.2) is 11.6 Å². The van der Waals surface area contributed by atoms with Gasteiger partial charge in [0.15, 0.2) is 0 Å². The van der Waals surface area contributed by atoms with E-state index in [1.807, 2.05) is 19.4 Å². The summed E-state index contributed by atoms with van der Waals surface area (Å²) in [6.07, 6.45) is 25.5. The van der Waals surface area contributed by atoms with Gasteiger partial charge in [0.2, 0.25) is 0 Å². The highest BCUT2D eigenvalue weighted by Gasteiger charge is 2.61.